The molecule has 0 bridgehead atoms. The third kappa shape index (κ3) is 4.50. The van der Waals surface area contributed by atoms with Crippen LogP contribution >= 0.6 is 0 Å². The fourth-order valence-electron chi connectivity index (χ4n) is 7.70. The molecule has 0 fully saturated rings. The van der Waals surface area contributed by atoms with Gasteiger partial charge in [-0.15, -0.1) is 0 Å². The molecule has 0 radical (unpaired) electrons. The lowest BCUT2D eigenvalue weighted by Gasteiger charge is -2.27. The minimum absolute atomic E-state index is 0.863. The van der Waals surface area contributed by atoms with Crippen LogP contribution in [0.1, 0.15) is 0 Å². The van der Waals surface area contributed by atoms with E-state index < -0.39 is 0 Å². The zero-order chi connectivity index (χ0) is 33.0. The Balaban J connectivity index is 1.27. The van der Waals surface area contributed by atoms with Crippen molar-refractivity contribution in [3.05, 3.63) is 188 Å². The maximum atomic E-state index is 7.06. The van der Waals surface area contributed by atoms with Crippen LogP contribution in [0.2, 0.25) is 0 Å². The normalized spacial score (nSPS) is 11.6. The molecule has 10 rings (SSSR count). The van der Waals surface area contributed by atoms with Crippen LogP contribution in [0, 0.1) is 0 Å². The van der Waals surface area contributed by atoms with Gasteiger partial charge in [0.2, 0.25) is 0 Å². The summed E-state index contributed by atoms with van der Waals surface area (Å²) in [6, 6.07) is 67.3. The van der Waals surface area contributed by atoms with Gasteiger partial charge in [0.1, 0.15) is 5.58 Å². The predicted octanol–water partition coefficient (Wildman–Crippen LogP) is 13.8. The van der Waals surface area contributed by atoms with Crippen LogP contribution in [0.25, 0.3) is 76.5 Å². The van der Waals surface area contributed by atoms with E-state index in [0.717, 1.165) is 44.4 Å². The van der Waals surface area contributed by atoms with Crippen LogP contribution in [-0.4, -0.2) is 0 Å². The second-order valence-corrected chi connectivity index (χ2v) is 12.9. The van der Waals surface area contributed by atoms with Crippen molar-refractivity contribution < 1.29 is 4.42 Å². The fourth-order valence-corrected chi connectivity index (χ4v) is 7.70. The molecule has 0 aliphatic rings. The number of benzene rings is 9. The van der Waals surface area contributed by atoms with Gasteiger partial charge in [0, 0.05) is 27.2 Å². The Bertz CT molecular complexity index is 2850. The van der Waals surface area contributed by atoms with Gasteiger partial charge in [-0.25, -0.2) is 0 Å². The van der Waals surface area contributed by atoms with Crippen LogP contribution in [0.5, 0.6) is 0 Å². The number of anilines is 3. The number of fused-ring (bicyclic) bond motifs is 8. The Morgan fingerprint density at radius 3 is 1.64 bits per heavy atom. The summed E-state index contributed by atoms with van der Waals surface area (Å²) in [5.41, 5.74) is 9.71. The first-order valence-electron chi connectivity index (χ1n) is 17.1. The molecule has 0 unspecified atom stereocenters. The zero-order valence-corrected chi connectivity index (χ0v) is 27.3. The third-order valence-corrected chi connectivity index (χ3v) is 10.0. The molecule has 10 aromatic rings. The average molecular weight is 638 g/mol. The maximum Gasteiger partial charge on any atom is 0.159 e. The molecule has 234 valence electrons. The molecule has 0 saturated heterocycles. The van der Waals surface area contributed by atoms with Gasteiger partial charge in [-0.2, -0.15) is 0 Å². The number of rotatable bonds is 5. The lowest BCUT2D eigenvalue weighted by Crippen LogP contribution is -2.11. The predicted molar refractivity (Wildman–Crippen MR) is 212 cm³/mol. The Labute approximate surface area is 290 Å². The van der Waals surface area contributed by atoms with Gasteiger partial charge in [-0.1, -0.05) is 158 Å². The monoisotopic (exact) mass is 637 g/mol. The number of hydrogen-bond donors (Lipinski definition) is 0. The van der Waals surface area contributed by atoms with Gasteiger partial charge < -0.3 is 9.32 Å². The largest absolute Gasteiger partial charge is 0.453 e. The van der Waals surface area contributed by atoms with Gasteiger partial charge in [0.05, 0.1) is 11.4 Å². The summed E-state index contributed by atoms with van der Waals surface area (Å²) in [6.45, 7) is 0. The molecule has 0 aliphatic heterocycles. The van der Waals surface area contributed by atoms with Crippen molar-refractivity contribution >= 4 is 71.3 Å². The van der Waals surface area contributed by atoms with E-state index in [-0.39, 0.29) is 0 Å². The quantitative estimate of drug-likeness (QED) is 0.175. The van der Waals surface area contributed by atoms with Crippen molar-refractivity contribution in [3.63, 3.8) is 0 Å². The average Bonchev–Trinajstić information content (AvgIpc) is 3.58. The molecule has 1 aromatic heterocycles. The summed E-state index contributed by atoms with van der Waals surface area (Å²) >= 11 is 0. The summed E-state index contributed by atoms with van der Waals surface area (Å²) in [4.78, 5) is 2.38. The smallest absolute Gasteiger partial charge is 0.159 e. The molecule has 0 aliphatic carbocycles. The highest BCUT2D eigenvalue weighted by Crippen LogP contribution is 2.47. The maximum absolute atomic E-state index is 7.06. The topological polar surface area (TPSA) is 16.4 Å². The molecule has 2 heteroatoms. The van der Waals surface area contributed by atoms with E-state index in [9.17, 15) is 0 Å². The molecule has 0 spiro atoms. The molecular formula is C48H31NO. The lowest BCUT2D eigenvalue weighted by atomic mass is 9.95. The minimum atomic E-state index is 0.863. The van der Waals surface area contributed by atoms with E-state index in [1.54, 1.807) is 0 Å². The van der Waals surface area contributed by atoms with Crippen molar-refractivity contribution in [3.8, 4) is 22.3 Å². The number of para-hydroxylation sites is 1. The van der Waals surface area contributed by atoms with E-state index in [2.05, 4.69) is 193 Å². The Morgan fingerprint density at radius 1 is 0.320 bits per heavy atom. The van der Waals surface area contributed by atoms with E-state index in [1.807, 2.05) is 0 Å². The third-order valence-electron chi connectivity index (χ3n) is 10.0. The lowest BCUT2D eigenvalue weighted by molar-refractivity contribution is 0.673. The fraction of sp³-hybridized carbons (Fsp3) is 0. The summed E-state index contributed by atoms with van der Waals surface area (Å²) in [5.74, 6) is 0. The van der Waals surface area contributed by atoms with Crippen molar-refractivity contribution in [2.45, 2.75) is 0 Å². The summed E-state index contributed by atoms with van der Waals surface area (Å²) in [6.07, 6.45) is 0. The molecular weight excluding hydrogens is 607 g/mol. The van der Waals surface area contributed by atoms with Crippen LogP contribution in [0.4, 0.5) is 17.1 Å². The highest BCUT2D eigenvalue weighted by atomic mass is 16.3. The molecule has 0 saturated carbocycles. The highest BCUT2D eigenvalue weighted by molar-refractivity contribution is 6.22. The van der Waals surface area contributed by atoms with Gasteiger partial charge in [-0.3, -0.25) is 0 Å². The second kappa shape index (κ2) is 11.5. The molecule has 50 heavy (non-hydrogen) atoms. The van der Waals surface area contributed by atoms with Crippen LogP contribution in [0.15, 0.2) is 192 Å². The number of nitrogens with zero attached hydrogens (tertiary/aromatic N) is 1. The van der Waals surface area contributed by atoms with Crippen molar-refractivity contribution in [1.29, 1.82) is 0 Å². The Hall–Kier alpha value is -6.64. The van der Waals surface area contributed by atoms with Crippen molar-refractivity contribution in [1.82, 2.24) is 0 Å². The van der Waals surface area contributed by atoms with E-state index >= 15 is 0 Å². The molecule has 2 nitrogen and oxygen atoms in total. The second-order valence-electron chi connectivity index (χ2n) is 12.9. The highest BCUT2D eigenvalue weighted by Gasteiger charge is 2.23. The summed E-state index contributed by atoms with van der Waals surface area (Å²) in [5, 5.41) is 9.35. The summed E-state index contributed by atoms with van der Waals surface area (Å²) in [7, 11) is 0. The molecule has 0 N–H and O–H groups in total. The van der Waals surface area contributed by atoms with Crippen molar-refractivity contribution in [2.75, 3.05) is 4.90 Å². The standard InChI is InChI=1S/C48H31NO/c1-3-14-32(15-4-1)33-26-28-36(29-27-33)49(46-30-35-18-7-8-19-37(35)38-20-9-11-22-40(38)46)45-25-13-24-42-44-31-43(34-16-5-2-6-17-34)39-21-10-12-23-41(39)47(44)50-48(42)45/h1-31H. The Morgan fingerprint density at radius 2 is 0.880 bits per heavy atom. The zero-order valence-electron chi connectivity index (χ0n) is 27.3. The first-order valence-corrected chi connectivity index (χ1v) is 17.1. The first kappa shape index (κ1) is 28.4. The van der Waals surface area contributed by atoms with Gasteiger partial charge >= 0.3 is 0 Å². The van der Waals surface area contributed by atoms with E-state index in [1.165, 1.54) is 49.2 Å². The van der Waals surface area contributed by atoms with E-state index in [4.69, 9.17) is 4.42 Å². The molecule has 1 heterocycles. The van der Waals surface area contributed by atoms with Gasteiger partial charge in [0.25, 0.3) is 0 Å². The SMILES string of the molecule is c1ccc(-c2ccc(N(c3cc4ccccc4c4ccccc34)c3cccc4c3oc3c5ccccc5c(-c5ccccc5)cc43)cc2)cc1. The number of furan rings is 1. The van der Waals surface area contributed by atoms with Crippen LogP contribution in [0.3, 0.4) is 0 Å². The van der Waals surface area contributed by atoms with Gasteiger partial charge in [0.15, 0.2) is 5.58 Å². The first-order chi connectivity index (χ1) is 24.8. The van der Waals surface area contributed by atoms with E-state index in [0.29, 0.717) is 0 Å². The minimum Gasteiger partial charge on any atom is -0.453 e. The number of hydrogen-bond acceptors (Lipinski definition) is 2. The molecule has 9 aromatic carbocycles. The molecule has 0 amide bonds. The van der Waals surface area contributed by atoms with Crippen molar-refractivity contribution in [2.24, 2.45) is 0 Å². The van der Waals surface area contributed by atoms with Crippen LogP contribution in [-0.2, 0) is 0 Å². The summed E-state index contributed by atoms with van der Waals surface area (Å²) < 4.78 is 7.06. The Kier molecular flexibility index (Phi) is 6.53. The van der Waals surface area contributed by atoms with Crippen LogP contribution < -0.4 is 4.90 Å². The molecule has 0 atom stereocenters. The van der Waals surface area contributed by atoms with Gasteiger partial charge in [-0.05, 0) is 74.1 Å².